The van der Waals surface area contributed by atoms with Crippen molar-refractivity contribution in [3.05, 3.63) is 35.9 Å². The van der Waals surface area contributed by atoms with E-state index in [1.807, 2.05) is 35.2 Å². The Morgan fingerprint density at radius 3 is 2.43 bits per heavy atom. The van der Waals surface area contributed by atoms with E-state index >= 15 is 0 Å². The highest BCUT2D eigenvalue weighted by Gasteiger charge is 2.34. The van der Waals surface area contributed by atoms with E-state index in [1.165, 1.54) is 0 Å². The van der Waals surface area contributed by atoms with Crippen LogP contribution < -0.4 is 11.1 Å². The molecule has 3 atom stereocenters. The summed E-state index contributed by atoms with van der Waals surface area (Å²) in [6.45, 7) is 4.11. The molecule has 1 aromatic carbocycles. The number of likely N-dealkylation sites (tertiary alicyclic amines) is 1. The quantitative estimate of drug-likeness (QED) is 0.760. The maximum absolute atomic E-state index is 13.0. The minimum atomic E-state index is -0.0684. The van der Waals surface area contributed by atoms with E-state index in [0.29, 0.717) is 12.5 Å². The SMILES string of the molecule is CCC(C(=O)N1CCC(NC(=O)[C@@H]2CCC[C@@H]2CN)CC1)c1ccccc1.Cl. The van der Waals surface area contributed by atoms with Crippen molar-refractivity contribution in [3.63, 3.8) is 0 Å². The molecule has 156 valence electrons. The van der Waals surface area contributed by atoms with Gasteiger partial charge in [-0.3, -0.25) is 9.59 Å². The van der Waals surface area contributed by atoms with Crippen molar-refractivity contribution in [1.29, 1.82) is 0 Å². The highest BCUT2D eigenvalue weighted by Crippen LogP contribution is 2.31. The van der Waals surface area contributed by atoms with Crippen LogP contribution in [-0.4, -0.2) is 42.4 Å². The molecule has 0 bridgehead atoms. The number of halogens is 1. The first-order chi connectivity index (χ1) is 13.1. The van der Waals surface area contributed by atoms with Crippen LogP contribution in [0.5, 0.6) is 0 Å². The lowest BCUT2D eigenvalue weighted by molar-refractivity contribution is -0.134. The molecule has 2 aliphatic rings. The Kier molecular flexibility index (Phi) is 8.77. The lowest BCUT2D eigenvalue weighted by Gasteiger charge is -2.35. The smallest absolute Gasteiger partial charge is 0.230 e. The van der Waals surface area contributed by atoms with Crippen molar-refractivity contribution in [1.82, 2.24) is 10.2 Å². The van der Waals surface area contributed by atoms with E-state index in [0.717, 1.165) is 57.2 Å². The van der Waals surface area contributed by atoms with E-state index in [-0.39, 0.29) is 42.1 Å². The fourth-order valence-electron chi connectivity index (χ4n) is 4.68. The fraction of sp³-hybridized carbons (Fsp3) is 0.636. The van der Waals surface area contributed by atoms with Crippen LogP contribution in [0.1, 0.15) is 56.9 Å². The molecule has 1 saturated heterocycles. The largest absolute Gasteiger partial charge is 0.353 e. The third-order valence-corrected chi connectivity index (χ3v) is 6.36. The number of nitrogens with zero attached hydrogens (tertiary/aromatic N) is 1. The highest BCUT2D eigenvalue weighted by molar-refractivity contribution is 5.85. The molecule has 1 aliphatic carbocycles. The minimum Gasteiger partial charge on any atom is -0.353 e. The summed E-state index contributed by atoms with van der Waals surface area (Å²) in [5.41, 5.74) is 6.90. The van der Waals surface area contributed by atoms with Gasteiger partial charge in [-0.25, -0.2) is 0 Å². The first-order valence-electron chi connectivity index (χ1n) is 10.5. The molecular formula is C22H34ClN3O2. The molecule has 0 spiro atoms. The number of carbonyl (C=O) groups excluding carboxylic acids is 2. The maximum Gasteiger partial charge on any atom is 0.230 e. The first-order valence-corrected chi connectivity index (χ1v) is 10.5. The summed E-state index contributed by atoms with van der Waals surface area (Å²) in [5, 5.41) is 3.23. The van der Waals surface area contributed by atoms with Crippen molar-refractivity contribution in [2.75, 3.05) is 19.6 Å². The molecule has 2 amide bonds. The zero-order valence-electron chi connectivity index (χ0n) is 16.8. The van der Waals surface area contributed by atoms with Gasteiger partial charge in [-0.1, -0.05) is 43.7 Å². The van der Waals surface area contributed by atoms with Gasteiger partial charge in [0.15, 0.2) is 0 Å². The Labute approximate surface area is 174 Å². The van der Waals surface area contributed by atoms with E-state index in [2.05, 4.69) is 12.2 Å². The first kappa shape index (κ1) is 22.7. The van der Waals surface area contributed by atoms with Gasteiger partial charge >= 0.3 is 0 Å². The Bertz CT molecular complexity index is 632. The van der Waals surface area contributed by atoms with E-state index in [4.69, 9.17) is 5.73 Å². The van der Waals surface area contributed by atoms with Crippen LogP contribution in [0.15, 0.2) is 30.3 Å². The third-order valence-electron chi connectivity index (χ3n) is 6.36. The molecule has 5 nitrogen and oxygen atoms in total. The van der Waals surface area contributed by atoms with Gasteiger partial charge in [-0.15, -0.1) is 12.4 Å². The van der Waals surface area contributed by atoms with Crippen molar-refractivity contribution >= 4 is 24.2 Å². The molecule has 3 rings (SSSR count). The predicted molar refractivity (Wildman–Crippen MR) is 114 cm³/mol. The number of nitrogens with two attached hydrogens (primary N) is 1. The summed E-state index contributed by atoms with van der Waals surface area (Å²) in [6.07, 6.45) is 5.61. The van der Waals surface area contributed by atoms with Gasteiger partial charge in [0.25, 0.3) is 0 Å². The maximum atomic E-state index is 13.0. The number of benzene rings is 1. The second-order valence-corrected chi connectivity index (χ2v) is 8.01. The van der Waals surface area contributed by atoms with Gasteiger partial charge in [0, 0.05) is 25.0 Å². The molecule has 28 heavy (non-hydrogen) atoms. The lowest BCUT2D eigenvalue weighted by Crippen LogP contribution is -2.49. The highest BCUT2D eigenvalue weighted by atomic mass is 35.5. The summed E-state index contributed by atoms with van der Waals surface area (Å²) in [4.78, 5) is 27.5. The topological polar surface area (TPSA) is 75.4 Å². The van der Waals surface area contributed by atoms with Crippen LogP contribution in [0, 0.1) is 11.8 Å². The lowest BCUT2D eigenvalue weighted by atomic mass is 9.92. The molecule has 0 radical (unpaired) electrons. The Hall–Kier alpha value is -1.59. The van der Waals surface area contributed by atoms with Crippen LogP contribution in [0.25, 0.3) is 0 Å². The van der Waals surface area contributed by atoms with Crippen molar-refractivity contribution in [2.24, 2.45) is 17.6 Å². The van der Waals surface area contributed by atoms with Crippen LogP contribution in [0.4, 0.5) is 0 Å². The number of nitrogens with one attached hydrogen (secondary N) is 1. The van der Waals surface area contributed by atoms with E-state index < -0.39 is 0 Å². The molecule has 0 aromatic heterocycles. The van der Waals surface area contributed by atoms with Crippen LogP contribution in [0.3, 0.4) is 0 Å². The number of piperidine rings is 1. The zero-order valence-corrected chi connectivity index (χ0v) is 17.6. The Morgan fingerprint density at radius 1 is 1.14 bits per heavy atom. The van der Waals surface area contributed by atoms with Gasteiger partial charge < -0.3 is 16.0 Å². The number of rotatable bonds is 6. The van der Waals surface area contributed by atoms with Crippen molar-refractivity contribution < 1.29 is 9.59 Å². The Balaban J connectivity index is 0.00000280. The number of amides is 2. The molecule has 1 heterocycles. The van der Waals surface area contributed by atoms with Crippen molar-refractivity contribution in [3.8, 4) is 0 Å². The van der Waals surface area contributed by atoms with Crippen LogP contribution >= 0.6 is 12.4 Å². The van der Waals surface area contributed by atoms with Gasteiger partial charge in [-0.05, 0) is 50.1 Å². The molecule has 1 aromatic rings. The molecule has 6 heteroatoms. The summed E-state index contributed by atoms with van der Waals surface area (Å²) < 4.78 is 0. The van der Waals surface area contributed by atoms with Crippen LogP contribution in [-0.2, 0) is 9.59 Å². The van der Waals surface area contributed by atoms with Gasteiger partial charge in [0.2, 0.25) is 11.8 Å². The second-order valence-electron chi connectivity index (χ2n) is 8.01. The molecule has 1 unspecified atom stereocenters. The fourth-order valence-corrected chi connectivity index (χ4v) is 4.68. The van der Waals surface area contributed by atoms with Gasteiger partial charge in [-0.2, -0.15) is 0 Å². The third kappa shape index (κ3) is 5.26. The van der Waals surface area contributed by atoms with Gasteiger partial charge in [0.05, 0.1) is 5.92 Å². The molecule has 1 saturated carbocycles. The minimum absolute atomic E-state index is 0. The summed E-state index contributed by atoms with van der Waals surface area (Å²) in [6, 6.07) is 10.2. The normalized spacial score (nSPS) is 23.7. The van der Waals surface area contributed by atoms with E-state index in [1.54, 1.807) is 0 Å². The van der Waals surface area contributed by atoms with Crippen LogP contribution in [0.2, 0.25) is 0 Å². The Morgan fingerprint density at radius 2 is 1.82 bits per heavy atom. The average molecular weight is 408 g/mol. The monoisotopic (exact) mass is 407 g/mol. The molecule has 3 N–H and O–H groups in total. The summed E-state index contributed by atoms with van der Waals surface area (Å²) in [7, 11) is 0. The summed E-state index contributed by atoms with van der Waals surface area (Å²) in [5.74, 6) is 0.733. The summed E-state index contributed by atoms with van der Waals surface area (Å²) >= 11 is 0. The molecule has 1 aliphatic heterocycles. The molecule has 2 fully saturated rings. The zero-order chi connectivity index (χ0) is 19.2. The second kappa shape index (κ2) is 10.8. The predicted octanol–water partition coefficient (Wildman–Crippen LogP) is 3.08. The average Bonchev–Trinajstić information content (AvgIpc) is 3.19. The van der Waals surface area contributed by atoms with Gasteiger partial charge in [0.1, 0.15) is 0 Å². The number of carbonyl (C=O) groups is 2. The van der Waals surface area contributed by atoms with E-state index in [9.17, 15) is 9.59 Å². The standard InChI is InChI=1S/C22H33N3O2.ClH/c1-2-19(16-7-4-3-5-8-16)22(27)25-13-11-18(12-14-25)24-21(26)20-10-6-9-17(20)15-23;/h3-5,7-8,17-20H,2,6,9-15,23H2,1H3,(H,24,26);1H/t17-,19?,20-;/m1./s1. The number of hydrogen-bond acceptors (Lipinski definition) is 3. The molecular weight excluding hydrogens is 374 g/mol. The van der Waals surface area contributed by atoms with Crippen molar-refractivity contribution in [2.45, 2.75) is 57.4 Å². The number of hydrogen-bond donors (Lipinski definition) is 2.